The van der Waals surface area contributed by atoms with Crippen LogP contribution in [0.1, 0.15) is 17.5 Å². The number of para-hydroxylation sites is 3. The molecule has 0 fully saturated rings. The van der Waals surface area contributed by atoms with Gasteiger partial charge in [-0.3, -0.25) is 0 Å². The van der Waals surface area contributed by atoms with E-state index in [0.717, 1.165) is 53.4 Å². The van der Waals surface area contributed by atoms with Crippen LogP contribution in [0.2, 0.25) is 0 Å². The number of nitrogens with one attached hydrogen (secondary N) is 1. The Morgan fingerprint density at radius 1 is 0.926 bits per heavy atom. The predicted molar refractivity (Wildman–Crippen MR) is 110 cm³/mol. The molecule has 3 aromatic rings. The molecule has 4 rings (SSSR count). The molecular formula is C23H22FN3. The third-order valence-electron chi connectivity index (χ3n) is 4.76. The van der Waals surface area contributed by atoms with Gasteiger partial charge in [0.05, 0.1) is 22.8 Å². The molecule has 3 aromatic carbocycles. The van der Waals surface area contributed by atoms with Crippen LogP contribution in [0.15, 0.2) is 77.8 Å². The summed E-state index contributed by atoms with van der Waals surface area (Å²) in [6.07, 6.45) is 1.01. The molecule has 1 heterocycles. The molecule has 1 aliphatic rings. The van der Waals surface area contributed by atoms with Gasteiger partial charge in [0.2, 0.25) is 0 Å². The SMILES string of the molecule is CNCCCN1c2ccccc2N=C(c2cccc(F)c2)c2ccccc21. The molecule has 0 atom stereocenters. The second-order valence-corrected chi connectivity index (χ2v) is 6.59. The molecule has 3 nitrogen and oxygen atoms in total. The average molecular weight is 359 g/mol. The van der Waals surface area contributed by atoms with Gasteiger partial charge in [-0.15, -0.1) is 0 Å². The van der Waals surface area contributed by atoms with E-state index in [1.54, 1.807) is 12.1 Å². The van der Waals surface area contributed by atoms with Crippen LogP contribution in [0.3, 0.4) is 0 Å². The van der Waals surface area contributed by atoms with Crippen molar-refractivity contribution in [3.05, 3.63) is 89.7 Å². The van der Waals surface area contributed by atoms with E-state index in [2.05, 4.69) is 28.4 Å². The van der Waals surface area contributed by atoms with Crippen molar-refractivity contribution < 1.29 is 4.39 Å². The zero-order chi connectivity index (χ0) is 18.6. The van der Waals surface area contributed by atoms with Gasteiger partial charge in [0.15, 0.2) is 0 Å². The van der Waals surface area contributed by atoms with Crippen molar-refractivity contribution in [3.63, 3.8) is 0 Å². The number of fused-ring (bicyclic) bond motifs is 2. The fourth-order valence-electron chi connectivity index (χ4n) is 3.52. The van der Waals surface area contributed by atoms with Crippen molar-refractivity contribution >= 4 is 22.8 Å². The number of hydrogen-bond acceptors (Lipinski definition) is 3. The fraction of sp³-hybridized carbons (Fsp3) is 0.174. The molecule has 136 valence electrons. The Morgan fingerprint density at radius 3 is 2.52 bits per heavy atom. The van der Waals surface area contributed by atoms with E-state index in [4.69, 9.17) is 4.99 Å². The molecule has 0 aromatic heterocycles. The van der Waals surface area contributed by atoms with Gasteiger partial charge < -0.3 is 10.2 Å². The minimum absolute atomic E-state index is 0.254. The highest BCUT2D eigenvalue weighted by Crippen LogP contribution is 2.40. The molecule has 0 radical (unpaired) electrons. The summed E-state index contributed by atoms with van der Waals surface area (Å²) in [4.78, 5) is 7.28. The lowest BCUT2D eigenvalue weighted by Gasteiger charge is -2.26. The minimum Gasteiger partial charge on any atom is -0.339 e. The zero-order valence-electron chi connectivity index (χ0n) is 15.3. The first kappa shape index (κ1) is 17.4. The molecule has 0 unspecified atom stereocenters. The van der Waals surface area contributed by atoms with Gasteiger partial charge in [-0.1, -0.05) is 42.5 Å². The third kappa shape index (κ3) is 3.49. The molecule has 0 saturated heterocycles. The van der Waals surface area contributed by atoms with Gasteiger partial charge in [-0.05, 0) is 50.3 Å². The molecule has 1 aliphatic heterocycles. The molecule has 1 N–H and O–H groups in total. The van der Waals surface area contributed by atoms with Crippen LogP contribution in [0.5, 0.6) is 0 Å². The predicted octanol–water partition coefficient (Wildman–Crippen LogP) is 5.06. The second-order valence-electron chi connectivity index (χ2n) is 6.59. The molecule has 4 heteroatoms. The monoisotopic (exact) mass is 359 g/mol. The van der Waals surface area contributed by atoms with E-state index < -0.39 is 0 Å². The van der Waals surface area contributed by atoms with E-state index in [1.165, 1.54) is 6.07 Å². The Labute approximate surface area is 159 Å². The Morgan fingerprint density at radius 2 is 1.70 bits per heavy atom. The Hall–Kier alpha value is -2.98. The normalized spacial score (nSPS) is 12.8. The highest BCUT2D eigenvalue weighted by Gasteiger charge is 2.23. The van der Waals surface area contributed by atoms with Crippen LogP contribution in [0.25, 0.3) is 0 Å². The minimum atomic E-state index is -0.254. The number of nitrogens with zero attached hydrogens (tertiary/aromatic N) is 2. The summed E-state index contributed by atoms with van der Waals surface area (Å²) in [5.74, 6) is -0.254. The van der Waals surface area contributed by atoms with Gasteiger partial charge in [0.25, 0.3) is 0 Å². The smallest absolute Gasteiger partial charge is 0.123 e. The lowest BCUT2D eigenvalue weighted by molar-refractivity contribution is 0.627. The molecular weight excluding hydrogens is 337 g/mol. The standard InChI is InChI=1S/C23H22FN3/c1-25-14-7-15-27-21-12-4-2-10-19(21)23(17-8-6-9-18(24)16-17)26-20-11-3-5-13-22(20)27/h2-6,8-13,16,25H,7,14-15H2,1H3. The van der Waals surface area contributed by atoms with E-state index >= 15 is 0 Å². The summed E-state index contributed by atoms with van der Waals surface area (Å²) in [6, 6.07) is 23.0. The van der Waals surface area contributed by atoms with E-state index in [-0.39, 0.29) is 5.82 Å². The van der Waals surface area contributed by atoms with Gasteiger partial charge in [-0.25, -0.2) is 9.38 Å². The number of hydrogen-bond donors (Lipinski definition) is 1. The van der Waals surface area contributed by atoms with Crippen LogP contribution in [0.4, 0.5) is 21.5 Å². The van der Waals surface area contributed by atoms with Crippen LogP contribution in [-0.4, -0.2) is 25.8 Å². The van der Waals surface area contributed by atoms with Crippen molar-refractivity contribution in [1.29, 1.82) is 0 Å². The van der Waals surface area contributed by atoms with Crippen molar-refractivity contribution in [3.8, 4) is 0 Å². The van der Waals surface area contributed by atoms with Crippen molar-refractivity contribution in [2.24, 2.45) is 4.99 Å². The molecule has 0 bridgehead atoms. The number of anilines is 2. The van der Waals surface area contributed by atoms with Crippen molar-refractivity contribution in [2.75, 3.05) is 25.0 Å². The van der Waals surface area contributed by atoms with Crippen molar-refractivity contribution in [1.82, 2.24) is 5.32 Å². The summed E-state index contributed by atoms with van der Waals surface area (Å²) in [6.45, 7) is 1.82. The number of benzene rings is 3. The summed E-state index contributed by atoms with van der Waals surface area (Å²) in [5, 5.41) is 3.21. The van der Waals surface area contributed by atoms with E-state index in [1.807, 2.05) is 43.4 Å². The first-order valence-corrected chi connectivity index (χ1v) is 9.23. The van der Waals surface area contributed by atoms with Crippen LogP contribution < -0.4 is 10.2 Å². The Bertz CT molecular complexity index is 981. The number of aliphatic imine (C=N–C) groups is 1. The zero-order valence-corrected chi connectivity index (χ0v) is 15.3. The van der Waals surface area contributed by atoms with Crippen LogP contribution >= 0.6 is 0 Å². The molecule has 27 heavy (non-hydrogen) atoms. The van der Waals surface area contributed by atoms with Gasteiger partial charge in [0, 0.05) is 17.7 Å². The van der Waals surface area contributed by atoms with Crippen LogP contribution in [-0.2, 0) is 0 Å². The summed E-state index contributed by atoms with van der Waals surface area (Å²) in [7, 11) is 1.97. The third-order valence-corrected chi connectivity index (χ3v) is 4.76. The highest BCUT2D eigenvalue weighted by molar-refractivity contribution is 6.18. The number of rotatable bonds is 5. The maximum atomic E-state index is 13.9. The fourth-order valence-corrected chi connectivity index (χ4v) is 3.52. The van der Waals surface area contributed by atoms with Crippen LogP contribution in [0, 0.1) is 5.82 Å². The highest BCUT2D eigenvalue weighted by atomic mass is 19.1. The summed E-state index contributed by atoms with van der Waals surface area (Å²) >= 11 is 0. The Balaban J connectivity index is 1.91. The first-order valence-electron chi connectivity index (χ1n) is 9.23. The Kier molecular flexibility index (Phi) is 4.99. The first-order chi connectivity index (χ1) is 13.3. The molecule has 0 spiro atoms. The quantitative estimate of drug-likeness (QED) is 0.645. The topological polar surface area (TPSA) is 27.6 Å². The molecule has 0 aliphatic carbocycles. The molecule has 0 saturated carbocycles. The summed E-state index contributed by atoms with van der Waals surface area (Å²) in [5.41, 5.74) is 5.68. The second kappa shape index (κ2) is 7.72. The lowest BCUT2D eigenvalue weighted by Crippen LogP contribution is -2.23. The van der Waals surface area contributed by atoms with E-state index in [0.29, 0.717) is 0 Å². The summed E-state index contributed by atoms with van der Waals surface area (Å²) < 4.78 is 13.9. The lowest BCUT2D eigenvalue weighted by atomic mass is 10.00. The molecule has 0 amide bonds. The largest absolute Gasteiger partial charge is 0.339 e. The maximum Gasteiger partial charge on any atom is 0.123 e. The maximum absolute atomic E-state index is 13.9. The van der Waals surface area contributed by atoms with Gasteiger partial charge in [-0.2, -0.15) is 0 Å². The van der Waals surface area contributed by atoms with Gasteiger partial charge in [0.1, 0.15) is 5.82 Å². The van der Waals surface area contributed by atoms with E-state index in [9.17, 15) is 4.39 Å². The number of halogens is 1. The average Bonchev–Trinajstić information content (AvgIpc) is 2.83. The van der Waals surface area contributed by atoms with Crippen molar-refractivity contribution in [2.45, 2.75) is 6.42 Å². The van der Waals surface area contributed by atoms with Gasteiger partial charge >= 0.3 is 0 Å².